The van der Waals surface area contributed by atoms with Crippen LogP contribution in [0.3, 0.4) is 0 Å². The molecule has 0 bridgehead atoms. The molecule has 1 aliphatic heterocycles. The molecule has 156 valence electrons. The second-order valence-electron chi connectivity index (χ2n) is 7.11. The third kappa shape index (κ3) is 4.92. The van der Waals surface area contributed by atoms with Gasteiger partial charge in [0.1, 0.15) is 0 Å². The zero-order valence-corrected chi connectivity index (χ0v) is 17.0. The lowest BCUT2D eigenvalue weighted by Gasteiger charge is -2.26. The zero-order valence-electron chi connectivity index (χ0n) is 17.0. The number of esters is 1. The topological polar surface area (TPSA) is 92.8 Å². The van der Waals surface area contributed by atoms with Crippen LogP contribution in [0.5, 0.6) is 0 Å². The average molecular weight is 408 g/mol. The van der Waals surface area contributed by atoms with Crippen molar-refractivity contribution < 1.29 is 23.9 Å². The molecule has 0 aromatic heterocycles. The average Bonchev–Trinajstić information content (AvgIpc) is 2.74. The fraction of sp³-hybridized carbons (Fsp3) is 0.304. The number of fused-ring (bicyclic) bond motifs is 1. The van der Waals surface area contributed by atoms with Gasteiger partial charge in [-0.2, -0.15) is 0 Å². The maximum Gasteiger partial charge on any atom is 0.308 e. The summed E-state index contributed by atoms with van der Waals surface area (Å²) in [4.78, 5) is 50.2. The molecule has 3 amide bonds. The SMILES string of the molecule is CCc1ccc(NC(=O)[C@@H](C)OC(=O)CCN2C(=O)Cc3ccccc3C2=O)cc1. The minimum Gasteiger partial charge on any atom is -0.452 e. The zero-order chi connectivity index (χ0) is 21.7. The minimum atomic E-state index is -1.00. The van der Waals surface area contributed by atoms with Gasteiger partial charge in [-0.1, -0.05) is 37.3 Å². The van der Waals surface area contributed by atoms with E-state index in [-0.39, 0.29) is 25.3 Å². The molecule has 7 nitrogen and oxygen atoms in total. The van der Waals surface area contributed by atoms with E-state index in [0.717, 1.165) is 16.9 Å². The Balaban J connectivity index is 1.50. The molecule has 1 N–H and O–H groups in total. The number of rotatable bonds is 7. The summed E-state index contributed by atoms with van der Waals surface area (Å²) in [6, 6.07) is 14.3. The number of carbonyl (C=O) groups excluding carboxylic acids is 4. The molecule has 0 saturated heterocycles. The molecule has 0 saturated carbocycles. The second-order valence-corrected chi connectivity index (χ2v) is 7.11. The lowest BCUT2D eigenvalue weighted by Crippen LogP contribution is -2.43. The summed E-state index contributed by atoms with van der Waals surface area (Å²) in [5, 5.41) is 2.69. The summed E-state index contributed by atoms with van der Waals surface area (Å²) < 4.78 is 5.16. The Morgan fingerprint density at radius 1 is 1.10 bits per heavy atom. The first-order valence-electron chi connectivity index (χ1n) is 9.91. The van der Waals surface area contributed by atoms with Gasteiger partial charge in [0, 0.05) is 17.8 Å². The number of nitrogens with zero attached hydrogens (tertiary/aromatic N) is 1. The van der Waals surface area contributed by atoms with Gasteiger partial charge in [0.25, 0.3) is 11.8 Å². The van der Waals surface area contributed by atoms with Gasteiger partial charge < -0.3 is 10.1 Å². The molecule has 7 heteroatoms. The van der Waals surface area contributed by atoms with Crippen molar-refractivity contribution >= 4 is 29.4 Å². The molecule has 0 unspecified atom stereocenters. The van der Waals surface area contributed by atoms with Crippen molar-refractivity contribution in [2.45, 2.75) is 39.2 Å². The molecule has 1 aliphatic rings. The summed E-state index contributed by atoms with van der Waals surface area (Å²) in [5.74, 6) is -1.88. The van der Waals surface area contributed by atoms with Crippen LogP contribution in [0.4, 0.5) is 5.69 Å². The lowest BCUT2D eigenvalue weighted by molar-refractivity contribution is -0.153. The highest BCUT2D eigenvalue weighted by Crippen LogP contribution is 2.20. The quantitative estimate of drug-likeness (QED) is 0.562. The van der Waals surface area contributed by atoms with Crippen molar-refractivity contribution in [3.05, 3.63) is 65.2 Å². The number of amides is 3. The van der Waals surface area contributed by atoms with Crippen LogP contribution in [0.25, 0.3) is 0 Å². The number of carbonyl (C=O) groups is 4. The first-order chi connectivity index (χ1) is 14.4. The summed E-state index contributed by atoms with van der Waals surface area (Å²) >= 11 is 0. The van der Waals surface area contributed by atoms with Gasteiger partial charge in [-0.15, -0.1) is 0 Å². The Labute approximate surface area is 175 Å². The minimum absolute atomic E-state index is 0.0857. The molecule has 1 atom stereocenters. The van der Waals surface area contributed by atoms with E-state index in [2.05, 4.69) is 5.32 Å². The van der Waals surface area contributed by atoms with Crippen LogP contribution in [-0.2, 0) is 32.0 Å². The number of anilines is 1. The van der Waals surface area contributed by atoms with Crippen LogP contribution < -0.4 is 5.32 Å². The van der Waals surface area contributed by atoms with Gasteiger partial charge in [0.15, 0.2) is 6.10 Å². The molecule has 0 aliphatic carbocycles. The fourth-order valence-electron chi connectivity index (χ4n) is 3.21. The number of hydrogen-bond donors (Lipinski definition) is 1. The fourth-order valence-corrected chi connectivity index (χ4v) is 3.21. The highest BCUT2D eigenvalue weighted by atomic mass is 16.5. The Kier molecular flexibility index (Phi) is 6.61. The molecule has 30 heavy (non-hydrogen) atoms. The van der Waals surface area contributed by atoms with Crippen molar-refractivity contribution in [2.24, 2.45) is 0 Å². The van der Waals surface area contributed by atoms with Crippen LogP contribution >= 0.6 is 0 Å². The summed E-state index contributed by atoms with van der Waals surface area (Å²) in [5.41, 5.74) is 2.91. The van der Waals surface area contributed by atoms with Crippen molar-refractivity contribution in [1.29, 1.82) is 0 Å². The lowest BCUT2D eigenvalue weighted by atomic mass is 9.98. The van der Waals surface area contributed by atoms with E-state index in [4.69, 9.17) is 4.74 Å². The number of benzene rings is 2. The van der Waals surface area contributed by atoms with Gasteiger partial charge in [-0.25, -0.2) is 0 Å². The largest absolute Gasteiger partial charge is 0.452 e. The van der Waals surface area contributed by atoms with E-state index in [0.29, 0.717) is 16.8 Å². The number of ether oxygens (including phenoxy) is 1. The molecule has 0 spiro atoms. The Hall–Kier alpha value is -3.48. The second kappa shape index (κ2) is 9.35. The van der Waals surface area contributed by atoms with Gasteiger partial charge >= 0.3 is 5.97 Å². The molecule has 1 heterocycles. The van der Waals surface area contributed by atoms with Crippen LogP contribution in [0.1, 0.15) is 41.8 Å². The third-order valence-corrected chi connectivity index (χ3v) is 4.98. The third-order valence-electron chi connectivity index (χ3n) is 4.98. The summed E-state index contributed by atoms with van der Waals surface area (Å²) in [6.45, 7) is 3.43. The standard InChI is InChI=1S/C23H24N2O5/c1-3-16-8-10-18(11-9-16)24-22(28)15(2)30-21(27)12-13-25-20(26)14-17-6-4-5-7-19(17)23(25)29/h4-11,15H,3,12-14H2,1-2H3,(H,24,28)/t15-/m1/s1. The molecular formula is C23H24N2O5. The van der Waals surface area contributed by atoms with Crippen molar-refractivity contribution in [2.75, 3.05) is 11.9 Å². The van der Waals surface area contributed by atoms with Crippen LogP contribution in [0.2, 0.25) is 0 Å². The van der Waals surface area contributed by atoms with Crippen LogP contribution in [0, 0.1) is 0 Å². The van der Waals surface area contributed by atoms with Gasteiger partial charge in [0.05, 0.1) is 12.8 Å². The van der Waals surface area contributed by atoms with Crippen LogP contribution in [-0.4, -0.2) is 41.2 Å². The number of aryl methyl sites for hydroxylation is 1. The predicted octanol–water partition coefficient (Wildman–Crippen LogP) is 2.73. The Bertz CT molecular complexity index is 968. The van der Waals surface area contributed by atoms with Crippen molar-refractivity contribution in [3.8, 4) is 0 Å². The highest BCUT2D eigenvalue weighted by Gasteiger charge is 2.31. The summed E-state index contributed by atoms with van der Waals surface area (Å²) in [7, 11) is 0. The van der Waals surface area contributed by atoms with Gasteiger partial charge in [-0.3, -0.25) is 24.1 Å². The van der Waals surface area contributed by atoms with E-state index < -0.39 is 23.9 Å². The molecule has 3 rings (SSSR count). The predicted molar refractivity (Wildman–Crippen MR) is 111 cm³/mol. The normalized spacial score (nSPS) is 14.1. The smallest absolute Gasteiger partial charge is 0.308 e. The first kappa shape index (κ1) is 21.2. The molecular weight excluding hydrogens is 384 g/mol. The maximum absolute atomic E-state index is 12.5. The first-order valence-corrected chi connectivity index (χ1v) is 9.91. The van der Waals surface area contributed by atoms with Crippen LogP contribution in [0.15, 0.2) is 48.5 Å². The van der Waals surface area contributed by atoms with E-state index in [1.165, 1.54) is 6.92 Å². The van der Waals surface area contributed by atoms with E-state index in [1.807, 2.05) is 19.1 Å². The molecule has 2 aromatic rings. The summed E-state index contributed by atoms with van der Waals surface area (Å²) in [6.07, 6.45) is -0.165. The van der Waals surface area contributed by atoms with Gasteiger partial charge in [0.2, 0.25) is 5.91 Å². The van der Waals surface area contributed by atoms with E-state index in [9.17, 15) is 19.2 Å². The monoisotopic (exact) mass is 408 g/mol. The van der Waals surface area contributed by atoms with E-state index >= 15 is 0 Å². The van der Waals surface area contributed by atoms with Gasteiger partial charge in [-0.05, 0) is 42.7 Å². The Morgan fingerprint density at radius 2 is 1.80 bits per heavy atom. The molecule has 0 fully saturated rings. The number of imide groups is 1. The molecule has 2 aromatic carbocycles. The van der Waals surface area contributed by atoms with Crippen molar-refractivity contribution in [3.63, 3.8) is 0 Å². The van der Waals surface area contributed by atoms with E-state index in [1.54, 1.807) is 36.4 Å². The number of nitrogens with one attached hydrogen (secondary N) is 1. The Morgan fingerprint density at radius 3 is 2.50 bits per heavy atom. The number of hydrogen-bond acceptors (Lipinski definition) is 5. The highest BCUT2D eigenvalue weighted by molar-refractivity contribution is 6.09. The molecule has 0 radical (unpaired) electrons. The maximum atomic E-state index is 12.5. The van der Waals surface area contributed by atoms with Crippen molar-refractivity contribution in [1.82, 2.24) is 4.90 Å².